The van der Waals surface area contributed by atoms with Crippen molar-refractivity contribution in [2.45, 2.75) is 32.7 Å². The largest absolute Gasteiger partial charge is 0.382 e. The molecule has 3 heterocycles. The minimum absolute atomic E-state index is 0. The van der Waals surface area contributed by atoms with Crippen LogP contribution in [0, 0.1) is 5.92 Å². The van der Waals surface area contributed by atoms with E-state index in [1.54, 1.807) is 7.11 Å². The molecule has 0 aliphatic carbocycles. The average molecular weight is 517 g/mol. The molecule has 0 radical (unpaired) electrons. The maximum absolute atomic E-state index is 5.70. The fraction of sp³-hybridized carbons (Fsp3) is 0.714. The quantitative estimate of drug-likeness (QED) is 0.235. The Bertz CT molecular complexity index is 608. The summed E-state index contributed by atoms with van der Waals surface area (Å²) < 4.78 is 10.7. The topological polar surface area (TPSA) is 62.2 Å². The fourth-order valence-corrected chi connectivity index (χ4v) is 3.79. The van der Waals surface area contributed by atoms with Gasteiger partial charge in [-0.15, -0.1) is 24.0 Å². The van der Waals surface area contributed by atoms with Crippen molar-refractivity contribution in [2.24, 2.45) is 10.9 Å². The van der Waals surface area contributed by atoms with Crippen molar-refractivity contribution in [1.82, 2.24) is 15.2 Å². The van der Waals surface area contributed by atoms with Gasteiger partial charge in [0.05, 0.1) is 26.4 Å². The second kappa shape index (κ2) is 13.2. The lowest BCUT2D eigenvalue weighted by Gasteiger charge is -2.22. The number of anilines is 1. The predicted octanol–water partition coefficient (Wildman–Crippen LogP) is 2.75. The molecular formula is C21H36IN5O2. The third kappa shape index (κ3) is 7.57. The van der Waals surface area contributed by atoms with E-state index in [9.17, 15) is 0 Å². The van der Waals surface area contributed by atoms with E-state index in [-0.39, 0.29) is 24.0 Å². The second-order valence-corrected chi connectivity index (χ2v) is 7.56. The van der Waals surface area contributed by atoms with Gasteiger partial charge in [-0.25, -0.2) is 9.98 Å². The van der Waals surface area contributed by atoms with E-state index in [1.165, 1.54) is 12.8 Å². The summed E-state index contributed by atoms with van der Waals surface area (Å²) in [5.74, 6) is 2.64. The Morgan fingerprint density at radius 2 is 2.07 bits per heavy atom. The first-order chi connectivity index (χ1) is 13.8. The summed E-state index contributed by atoms with van der Waals surface area (Å²) in [5, 5.41) is 3.43. The lowest BCUT2D eigenvalue weighted by atomic mass is 10.1. The summed E-state index contributed by atoms with van der Waals surface area (Å²) in [4.78, 5) is 14.2. The van der Waals surface area contributed by atoms with Crippen LogP contribution in [-0.4, -0.2) is 75.5 Å². The molecule has 7 nitrogen and oxygen atoms in total. The van der Waals surface area contributed by atoms with Crippen LogP contribution in [0.2, 0.25) is 0 Å². The Balaban J connectivity index is 0.00000300. The number of aromatic nitrogens is 1. The van der Waals surface area contributed by atoms with E-state index in [0.29, 0.717) is 25.7 Å². The van der Waals surface area contributed by atoms with Crippen molar-refractivity contribution in [3.63, 3.8) is 0 Å². The molecule has 2 aliphatic rings. The van der Waals surface area contributed by atoms with Gasteiger partial charge >= 0.3 is 0 Å². The van der Waals surface area contributed by atoms with Gasteiger partial charge in [-0.1, -0.05) is 6.07 Å². The molecule has 164 valence electrons. The molecule has 2 aliphatic heterocycles. The molecule has 2 fully saturated rings. The molecule has 2 saturated heterocycles. The van der Waals surface area contributed by atoms with Gasteiger partial charge in [0, 0.05) is 51.9 Å². The molecule has 1 N–H and O–H groups in total. The van der Waals surface area contributed by atoms with Crippen LogP contribution >= 0.6 is 24.0 Å². The van der Waals surface area contributed by atoms with Crippen molar-refractivity contribution >= 4 is 35.8 Å². The average Bonchev–Trinajstić information content (AvgIpc) is 3.41. The van der Waals surface area contributed by atoms with Crippen molar-refractivity contribution < 1.29 is 9.47 Å². The number of pyridine rings is 1. The smallest absolute Gasteiger partial charge is 0.194 e. The molecule has 1 aromatic heterocycles. The standard InChI is InChI=1S/C21H35N5O2.HI/c1-3-22-21(26-11-8-19(16-26)17-28-13-12-27-2)24-15-18-6-7-20(23-14-18)25-9-4-5-10-25;/h6-7,14,19H,3-5,8-13,15-17H2,1-2H3,(H,22,24);1H. The zero-order valence-corrected chi connectivity index (χ0v) is 20.1. The van der Waals surface area contributed by atoms with Crippen molar-refractivity contribution in [2.75, 3.05) is 64.6 Å². The van der Waals surface area contributed by atoms with Crippen molar-refractivity contribution in [1.29, 1.82) is 0 Å². The first-order valence-electron chi connectivity index (χ1n) is 10.6. The Kier molecular flexibility index (Phi) is 11.0. The highest BCUT2D eigenvalue weighted by Gasteiger charge is 2.25. The zero-order valence-electron chi connectivity index (χ0n) is 17.8. The lowest BCUT2D eigenvalue weighted by Crippen LogP contribution is -2.40. The minimum Gasteiger partial charge on any atom is -0.382 e. The van der Waals surface area contributed by atoms with E-state index in [4.69, 9.17) is 14.5 Å². The first kappa shape index (κ1) is 24.1. The minimum atomic E-state index is 0. The van der Waals surface area contributed by atoms with E-state index in [1.807, 2.05) is 6.20 Å². The van der Waals surface area contributed by atoms with Gasteiger partial charge in [-0.2, -0.15) is 0 Å². The first-order valence-corrected chi connectivity index (χ1v) is 10.6. The zero-order chi connectivity index (χ0) is 19.6. The maximum Gasteiger partial charge on any atom is 0.194 e. The van der Waals surface area contributed by atoms with Crippen molar-refractivity contribution in [3.05, 3.63) is 23.9 Å². The normalized spacial score (nSPS) is 19.5. The van der Waals surface area contributed by atoms with Crippen LogP contribution in [0.5, 0.6) is 0 Å². The number of likely N-dealkylation sites (tertiary alicyclic amines) is 1. The van der Waals surface area contributed by atoms with Crippen LogP contribution in [0.15, 0.2) is 23.3 Å². The monoisotopic (exact) mass is 517 g/mol. The molecule has 29 heavy (non-hydrogen) atoms. The van der Waals surface area contributed by atoms with Gasteiger partial charge in [0.25, 0.3) is 0 Å². The number of methoxy groups -OCH3 is 1. The van der Waals surface area contributed by atoms with Crippen LogP contribution in [-0.2, 0) is 16.0 Å². The molecule has 0 spiro atoms. The summed E-state index contributed by atoms with van der Waals surface area (Å²) in [5.41, 5.74) is 1.15. The third-order valence-electron chi connectivity index (χ3n) is 5.36. The highest BCUT2D eigenvalue weighted by molar-refractivity contribution is 14.0. The predicted molar refractivity (Wildman–Crippen MR) is 128 cm³/mol. The van der Waals surface area contributed by atoms with E-state index < -0.39 is 0 Å². The molecule has 8 heteroatoms. The number of hydrogen-bond donors (Lipinski definition) is 1. The Morgan fingerprint density at radius 1 is 1.24 bits per heavy atom. The summed E-state index contributed by atoms with van der Waals surface area (Å²) in [6.07, 6.45) is 5.66. The number of guanidine groups is 1. The highest BCUT2D eigenvalue weighted by atomic mass is 127. The van der Waals surface area contributed by atoms with Gasteiger partial charge in [0.15, 0.2) is 5.96 Å². The Labute approximate surface area is 192 Å². The SMILES string of the molecule is CCNC(=NCc1ccc(N2CCCC2)nc1)N1CCC(COCCOC)C1.I. The molecule has 0 aromatic carbocycles. The van der Waals surface area contributed by atoms with Crippen LogP contribution < -0.4 is 10.2 Å². The summed E-state index contributed by atoms with van der Waals surface area (Å²) in [6, 6.07) is 4.29. The summed E-state index contributed by atoms with van der Waals surface area (Å²) >= 11 is 0. The number of hydrogen-bond acceptors (Lipinski definition) is 5. The van der Waals surface area contributed by atoms with Crippen LogP contribution in [0.25, 0.3) is 0 Å². The maximum atomic E-state index is 5.70. The van der Waals surface area contributed by atoms with Crippen molar-refractivity contribution in [3.8, 4) is 0 Å². The highest BCUT2D eigenvalue weighted by Crippen LogP contribution is 2.19. The molecule has 1 aromatic rings. The van der Waals surface area contributed by atoms with Gasteiger partial charge < -0.3 is 24.6 Å². The van der Waals surface area contributed by atoms with Gasteiger partial charge in [-0.05, 0) is 37.8 Å². The van der Waals surface area contributed by atoms with Crippen LogP contribution in [0.1, 0.15) is 31.7 Å². The molecule has 0 bridgehead atoms. The molecule has 1 unspecified atom stereocenters. The van der Waals surface area contributed by atoms with Crippen LogP contribution in [0.4, 0.5) is 5.82 Å². The Hall–Kier alpha value is -1.13. The van der Waals surface area contributed by atoms with Gasteiger partial charge in [0.2, 0.25) is 0 Å². The van der Waals surface area contributed by atoms with Crippen LogP contribution in [0.3, 0.4) is 0 Å². The number of ether oxygens (including phenoxy) is 2. The molecule has 1 atom stereocenters. The molecule has 0 amide bonds. The summed E-state index contributed by atoms with van der Waals surface area (Å²) in [6.45, 7) is 10.0. The number of rotatable bonds is 9. The lowest BCUT2D eigenvalue weighted by molar-refractivity contribution is 0.0536. The summed E-state index contributed by atoms with van der Waals surface area (Å²) in [7, 11) is 1.70. The Morgan fingerprint density at radius 3 is 2.76 bits per heavy atom. The van der Waals surface area contributed by atoms with E-state index in [0.717, 1.165) is 63.1 Å². The molecular weight excluding hydrogens is 481 g/mol. The van der Waals surface area contributed by atoms with Gasteiger partial charge in [-0.3, -0.25) is 0 Å². The van der Waals surface area contributed by atoms with E-state index in [2.05, 4.69) is 39.2 Å². The molecule has 0 saturated carbocycles. The fourth-order valence-electron chi connectivity index (χ4n) is 3.79. The molecule has 3 rings (SSSR count). The number of nitrogens with one attached hydrogen (secondary N) is 1. The number of nitrogens with zero attached hydrogens (tertiary/aromatic N) is 4. The third-order valence-corrected chi connectivity index (χ3v) is 5.36. The van der Waals surface area contributed by atoms with E-state index >= 15 is 0 Å². The second-order valence-electron chi connectivity index (χ2n) is 7.56. The number of aliphatic imine (C=N–C) groups is 1. The number of halogens is 1. The van der Waals surface area contributed by atoms with Gasteiger partial charge in [0.1, 0.15) is 5.82 Å².